The molecule has 0 bridgehead atoms. The first kappa shape index (κ1) is 34.6. The van der Waals surface area contributed by atoms with E-state index in [0.717, 1.165) is 50.0 Å². The third-order valence-corrected chi connectivity index (χ3v) is 14.3. The van der Waals surface area contributed by atoms with E-state index in [1.54, 1.807) is 0 Å². The maximum Gasteiger partial charge on any atom is 0.235 e. The molecule has 0 radical (unpaired) electrons. The molecule has 14 aromatic rings. The smallest absolute Gasteiger partial charge is 0.235 e. The minimum absolute atomic E-state index is 0.647. The summed E-state index contributed by atoms with van der Waals surface area (Å²) in [6.45, 7) is 0. The summed E-state index contributed by atoms with van der Waals surface area (Å²) in [4.78, 5) is 11.2. The Bertz CT molecular complexity index is 4100. The van der Waals surface area contributed by atoms with Crippen LogP contribution in [0.15, 0.2) is 206 Å². The molecule has 0 saturated heterocycles. The number of fused-ring (bicyclic) bond motifs is 15. The molecule has 292 valence electrons. The monoisotopic (exact) mass is 818 g/mol. The highest BCUT2D eigenvalue weighted by Gasteiger charge is 2.25. The molecule has 0 spiro atoms. The zero-order valence-corrected chi connectivity index (χ0v) is 34.6. The molecule has 0 aliphatic carbocycles. The number of para-hydroxylation sites is 3. The molecule has 4 aromatic heterocycles. The van der Waals surface area contributed by atoms with Gasteiger partial charge < -0.3 is 4.57 Å². The number of hydrogen-bond acceptors (Lipinski definition) is 3. The van der Waals surface area contributed by atoms with Crippen LogP contribution in [0, 0.1) is 0 Å². The Kier molecular flexibility index (Phi) is 7.24. The van der Waals surface area contributed by atoms with Gasteiger partial charge in [-0.15, -0.1) is 11.3 Å². The van der Waals surface area contributed by atoms with Gasteiger partial charge >= 0.3 is 0 Å². The Morgan fingerprint density at radius 1 is 0.349 bits per heavy atom. The minimum atomic E-state index is 0.647. The second kappa shape index (κ2) is 13.2. The van der Waals surface area contributed by atoms with Gasteiger partial charge in [0.25, 0.3) is 0 Å². The number of rotatable bonds is 4. The lowest BCUT2D eigenvalue weighted by atomic mass is 9.98. The van der Waals surface area contributed by atoms with Crippen LogP contribution in [0.3, 0.4) is 0 Å². The Morgan fingerprint density at radius 2 is 0.889 bits per heavy atom. The van der Waals surface area contributed by atoms with Gasteiger partial charge in [0.15, 0.2) is 0 Å². The Labute approximate surface area is 365 Å². The second-order valence-corrected chi connectivity index (χ2v) is 17.5. The molecule has 0 aliphatic rings. The summed E-state index contributed by atoms with van der Waals surface area (Å²) in [6.07, 6.45) is 0. The first-order valence-electron chi connectivity index (χ1n) is 21.4. The average Bonchev–Trinajstić information content (AvgIpc) is 4.01. The van der Waals surface area contributed by atoms with Crippen molar-refractivity contribution in [2.45, 2.75) is 0 Å². The van der Waals surface area contributed by atoms with Gasteiger partial charge in [-0.05, 0) is 69.4 Å². The molecular weight excluding hydrogens is 785 g/mol. The van der Waals surface area contributed by atoms with Crippen molar-refractivity contribution in [2.75, 3.05) is 0 Å². The van der Waals surface area contributed by atoms with Gasteiger partial charge in [-0.2, -0.15) is 0 Å². The van der Waals surface area contributed by atoms with E-state index in [4.69, 9.17) is 9.97 Å². The molecule has 0 amide bonds. The van der Waals surface area contributed by atoms with Gasteiger partial charge in [-0.25, -0.2) is 9.97 Å². The molecule has 0 fully saturated rings. The summed E-state index contributed by atoms with van der Waals surface area (Å²) in [5.74, 6) is 0.647. The average molecular weight is 819 g/mol. The lowest BCUT2D eigenvalue weighted by Crippen LogP contribution is -2.04. The van der Waals surface area contributed by atoms with Gasteiger partial charge in [-0.1, -0.05) is 164 Å². The van der Waals surface area contributed by atoms with Gasteiger partial charge in [0.1, 0.15) is 0 Å². The van der Waals surface area contributed by atoms with Gasteiger partial charge in [0.2, 0.25) is 5.95 Å². The summed E-state index contributed by atoms with van der Waals surface area (Å²) < 4.78 is 7.30. The maximum atomic E-state index is 5.58. The van der Waals surface area contributed by atoms with Crippen LogP contribution in [0.2, 0.25) is 0 Å². The number of benzene rings is 10. The van der Waals surface area contributed by atoms with Crippen molar-refractivity contribution in [3.8, 4) is 34.2 Å². The fourth-order valence-corrected chi connectivity index (χ4v) is 11.7. The Balaban J connectivity index is 1.12. The third-order valence-electron chi connectivity index (χ3n) is 13.1. The first-order chi connectivity index (χ1) is 31.3. The number of thiophene rings is 1. The molecule has 10 aromatic carbocycles. The summed E-state index contributed by atoms with van der Waals surface area (Å²) in [7, 11) is 0. The molecule has 5 heteroatoms. The molecule has 0 atom stereocenters. The van der Waals surface area contributed by atoms with Crippen LogP contribution < -0.4 is 0 Å². The molecule has 0 aliphatic heterocycles. The molecule has 4 heterocycles. The van der Waals surface area contributed by atoms with Gasteiger partial charge in [0.05, 0.1) is 33.5 Å². The SMILES string of the molecule is c1ccc(-n2c3ccccc3c3cc4c(cc32)sc2c4c3ccccc3c3c2c2ccccc2n3-c2nc(-c3cccc4ccccc34)cc(-c3cccc4ccccc34)n2)cc1. The zero-order valence-electron chi connectivity index (χ0n) is 33.8. The van der Waals surface area contributed by atoms with Crippen molar-refractivity contribution in [1.82, 2.24) is 19.1 Å². The molecule has 63 heavy (non-hydrogen) atoms. The van der Waals surface area contributed by atoms with E-state index < -0.39 is 0 Å². The van der Waals surface area contributed by atoms with Crippen molar-refractivity contribution in [3.63, 3.8) is 0 Å². The highest BCUT2D eigenvalue weighted by molar-refractivity contribution is 7.27. The van der Waals surface area contributed by atoms with E-state index in [0.29, 0.717) is 5.95 Å². The van der Waals surface area contributed by atoms with E-state index in [1.165, 1.54) is 74.3 Å². The van der Waals surface area contributed by atoms with Crippen LogP contribution in [0.1, 0.15) is 0 Å². The van der Waals surface area contributed by atoms with E-state index in [2.05, 4.69) is 215 Å². The standard InChI is InChI=1S/C58H34N4S/c1-2-20-37(21-3-1)61-50-30-12-10-24-42(50)46-32-47-53(34-52(46)61)63-57-54(47)43-25-8-9-26-44(43)56-55(57)45-27-11-13-31-51(45)62(56)58-59-48(40-28-14-18-35-16-4-6-22-38(35)40)33-49(60-58)41-29-15-19-36-17-5-7-23-39(36)41/h1-34H. The van der Waals surface area contributed by atoms with Crippen molar-refractivity contribution < 1.29 is 0 Å². The molecule has 4 nitrogen and oxygen atoms in total. The Hall–Kier alpha value is -8.12. The number of aromatic nitrogens is 4. The molecule has 14 rings (SSSR count). The largest absolute Gasteiger partial charge is 0.309 e. The highest BCUT2D eigenvalue weighted by atomic mass is 32.1. The van der Waals surface area contributed by atoms with Crippen LogP contribution in [0.5, 0.6) is 0 Å². The third kappa shape index (κ3) is 4.97. The quantitative estimate of drug-likeness (QED) is 0.177. The lowest BCUT2D eigenvalue weighted by molar-refractivity contribution is 0.999. The van der Waals surface area contributed by atoms with Crippen molar-refractivity contribution in [1.29, 1.82) is 0 Å². The van der Waals surface area contributed by atoms with Crippen LogP contribution in [-0.2, 0) is 0 Å². The lowest BCUT2D eigenvalue weighted by Gasteiger charge is -2.15. The fraction of sp³-hybridized carbons (Fsp3) is 0. The van der Waals surface area contributed by atoms with Gasteiger partial charge in [0, 0.05) is 63.9 Å². The van der Waals surface area contributed by atoms with Crippen LogP contribution >= 0.6 is 11.3 Å². The van der Waals surface area contributed by atoms with E-state index >= 15 is 0 Å². The predicted molar refractivity (Wildman–Crippen MR) is 267 cm³/mol. The zero-order chi connectivity index (χ0) is 41.2. The molecule has 0 unspecified atom stereocenters. The molecule has 0 N–H and O–H groups in total. The summed E-state index contributed by atoms with van der Waals surface area (Å²) in [5, 5.41) is 14.6. The minimum Gasteiger partial charge on any atom is -0.309 e. The van der Waals surface area contributed by atoms with E-state index in [9.17, 15) is 0 Å². The van der Waals surface area contributed by atoms with E-state index in [-0.39, 0.29) is 0 Å². The van der Waals surface area contributed by atoms with Crippen LogP contribution in [-0.4, -0.2) is 19.1 Å². The Morgan fingerprint density at radius 3 is 1.57 bits per heavy atom. The van der Waals surface area contributed by atoms with Crippen molar-refractivity contribution in [3.05, 3.63) is 206 Å². The van der Waals surface area contributed by atoms with Crippen LogP contribution in [0.4, 0.5) is 0 Å². The van der Waals surface area contributed by atoms with Crippen LogP contribution in [0.25, 0.3) is 130 Å². The molecular formula is C58H34N4S. The fourth-order valence-electron chi connectivity index (χ4n) is 10.4. The predicted octanol–water partition coefficient (Wildman–Crippen LogP) is 15.8. The molecule has 0 saturated carbocycles. The van der Waals surface area contributed by atoms with Gasteiger partial charge in [-0.3, -0.25) is 4.57 Å². The second-order valence-electron chi connectivity index (χ2n) is 16.5. The number of nitrogens with zero attached hydrogens (tertiary/aromatic N) is 4. The first-order valence-corrected chi connectivity index (χ1v) is 22.2. The highest BCUT2D eigenvalue weighted by Crippen LogP contribution is 2.49. The van der Waals surface area contributed by atoms with Crippen molar-refractivity contribution >= 4 is 107 Å². The normalized spacial score (nSPS) is 12.1. The summed E-state index contributed by atoms with van der Waals surface area (Å²) in [6, 6.07) is 74.5. The maximum absolute atomic E-state index is 5.58. The summed E-state index contributed by atoms with van der Waals surface area (Å²) in [5.41, 5.74) is 9.71. The van der Waals surface area contributed by atoms with E-state index in [1.807, 2.05) is 11.3 Å². The summed E-state index contributed by atoms with van der Waals surface area (Å²) >= 11 is 1.89. The topological polar surface area (TPSA) is 35.6 Å². The van der Waals surface area contributed by atoms with Crippen molar-refractivity contribution in [2.24, 2.45) is 0 Å². The number of hydrogen-bond donors (Lipinski definition) is 0.